The highest BCUT2D eigenvalue weighted by molar-refractivity contribution is 5.84. The first-order valence-electron chi connectivity index (χ1n) is 8.35. The minimum absolute atomic E-state index is 0.00601. The maximum absolute atomic E-state index is 12.6. The van der Waals surface area contributed by atoms with Crippen molar-refractivity contribution in [2.24, 2.45) is 0 Å². The molecule has 1 atom stereocenters. The minimum Gasteiger partial charge on any atom is -0.343 e. The van der Waals surface area contributed by atoms with Crippen molar-refractivity contribution in [2.45, 2.75) is 32.7 Å². The molecule has 1 unspecified atom stereocenters. The molecule has 126 valence electrons. The number of nitrogens with one attached hydrogen (secondary N) is 1. The summed E-state index contributed by atoms with van der Waals surface area (Å²) in [5.74, 6) is 0.0947. The first-order chi connectivity index (χ1) is 11.2. The van der Waals surface area contributed by atoms with Crippen LogP contribution in [0.25, 0.3) is 0 Å². The van der Waals surface area contributed by atoms with Gasteiger partial charge >= 0.3 is 0 Å². The van der Waals surface area contributed by atoms with Crippen LogP contribution in [0.15, 0.2) is 24.5 Å². The summed E-state index contributed by atoms with van der Waals surface area (Å²) >= 11 is 0. The Hall–Kier alpha value is -1.95. The highest BCUT2D eigenvalue weighted by atomic mass is 16.2. The zero-order valence-corrected chi connectivity index (χ0v) is 14.0. The first kappa shape index (κ1) is 17.4. The summed E-state index contributed by atoms with van der Waals surface area (Å²) in [4.78, 5) is 32.5. The van der Waals surface area contributed by atoms with Crippen molar-refractivity contribution < 1.29 is 9.59 Å². The Balaban J connectivity index is 1.97. The van der Waals surface area contributed by atoms with Crippen molar-refractivity contribution >= 4 is 11.8 Å². The standard InChI is InChI=1S/C17H26N4O2/c1-3-20(4-2)16(22)7-8-17(23)21-11-10-19-13-15(21)14-6-5-9-18-12-14/h5-6,9,12,15,19H,3-4,7-8,10-11,13H2,1-2H3. The molecule has 0 spiro atoms. The Morgan fingerprint density at radius 3 is 2.78 bits per heavy atom. The monoisotopic (exact) mass is 318 g/mol. The molecule has 2 amide bonds. The molecule has 1 aromatic heterocycles. The lowest BCUT2D eigenvalue weighted by Gasteiger charge is -2.36. The predicted molar refractivity (Wildman–Crippen MR) is 88.7 cm³/mol. The van der Waals surface area contributed by atoms with E-state index in [1.54, 1.807) is 17.3 Å². The van der Waals surface area contributed by atoms with Gasteiger partial charge in [0, 0.05) is 58.0 Å². The smallest absolute Gasteiger partial charge is 0.223 e. The molecule has 0 bridgehead atoms. The number of hydrogen-bond donors (Lipinski definition) is 1. The zero-order valence-electron chi connectivity index (χ0n) is 14.0. The Kier molecular flexibility index (Phi) is 6.52. The van der Waals surface area contributed by atoms with E-state index in [0.29, 0.717) is 19.6 Å². The highest BCUT2D eigenvalue weighted by Gasteiger charge is 2.28. The van der Waals surface area contributed by atoms with Gasteiger partial charge in [-0.15, -0.1) is 0 Å². The lowest BCUT2D eigenvalue weighted by molar-refractivity contribution is -0.138. The van der Waals surface area contributed by atoms with Gasteiger partial charge in [-0.05, 0) is 25.5 Å². The zero-order chi connectivity index (χ0) is 16.7. The van der Waals surface area contributed by atoms with Gasteiger partial charge in [-0.3, -0.25) is 14.6 Å². The maximum Gasteiger partial charge on any atom is 0.223 e. The minimum atomic E-state index is -0.00601. The van der Waals surface area contributed by atoms with Crippen LogP contribution < -0.4 is 5.32 Å². The lowest BCUT2D eigenvalue weighted by atomic mass is 10.0. The van der Waals surface area contributed by atoms with Crippen LogP contribution in [0.5, 0.6) is 0 Å². The molecular formula is C17H26N4O2. The molecule has 6 nitrogen and oxygen atoms in total. The van der Waals surface area contributed by atoms with Gasteiger partial charge in [-0.1, -0.05) is 6.07 Å². The summed E-state index contributed by atoms with van der Waals surface area (Å²) in [5.41, 5.74) is 1.03. The number of rotatable bonds is 6. The second-order valence-corrected chi connectivity index (χ2v) is 5.66. The average molecular weight is 318 g/mol. The third-order valence-electron chi connectivity index (χ3n) is 4.30. The van der Waals surface area contributed by atoms with E-state index in [-0.39, 0.29) is 30.7 Å². The molecule has 1 N–H and O–H groups in total. The Labute approximate surface area is 137 Å². The second kappa shape index (κ2) is 8.62. The molecule has 1 fully saturated rings. The molecule has 0 radical (unpaired) electrons. The number of carbonyl (C=O) groups is 2. The predicted octanol–water partition coefficient (Wildman–Crippen LogP) is 1.20. The van der Waals surface area contributed by atoms with Crippen molar-refractivity contribution in [2.75, 3.05) is 32.7 Å². The van der Waals surface area contributed by atoms with E-state index in [1.165, 1.54) is 0 Å². The van der Waals surface area contributed by atoms with E-state index in [9.17, 15) is 9.59 Å². The van der Waals surface area contributed by atoms with Gasteiger partial charge in [-0.25, -0.2) is 0 Å². The molecule has 1 saturated heterocycles. The quantitative estimate of drug-likeness (QED) is 0.856. The topological polar surface area (TPSA) is 65.5 Å². The summed E-state index contributed by atoms with van der Waals surface area (Å²) in [5, 5.41) is 3.32. The van der Waals surface area contributed by atoms with Crippen molar-refractivity contribution in [3.8, 4) is 0 Å². The van der Waals surface area contributed by atoms with E-state index in [1.807, 2.05) is 30.9 Å². The third-order valence-corrected chi connectivity index (χ3v) is 4.30. The van der Waals surface area contributed by atoms with Gasteiger partial charge in [0.1, 0.15) is 0 Å². The normalized spacial score (nSPS) is 17.8. The molecule has 1 aromatic rings. The molecular weight excluding hydrogens is 292 g/mol. The second-order valence-electron chi connectivity index (χ2n) is 5.66. The van der Waals surface area contributed by atoms with Crippen LogP contribution in [0.2, 0.25) is 0 Å². The lowest BCUT2D eigenvalue weighted by Crippen LogP contribution is -2.48. The molecule has 2 heterocycles. The average Bonchev–Trinajstić information content (AvgIpc) is 2.61. The molecule has 6 heteroatoms. The van der Waals surface area contributed by atoms with Gasteiger partial charge in [-0.2, -0.15) is 0 Å². The van der Waals surface area contributed by atoms with E-state index < -0.39 is 0 Å². The first-order valence-corrected chi connectivity index (χ1v) is 8.35. The molecule has 1 aliphatic rings. The summed E-state index contributed by atoms with van der Waals surface area (Å²) in [6, 6.07) is 3.87. The number of amides is 2. The van der Waals surface area contributed by atoms with Crippen LogP contribution in [-0.2, 0) is 9.59 Å². The van der Waals surface area contributed by atoms with Crippen LogP contribution >= 0.6 is 0 Å². The molecule has 0 saturated carbocycles. The summed E-state index contributed by atoms with van der Waals surface area (Å²) < 4.78 is 0. The van der Waals surface area contributed by atoms with Gasteiger partial charge in [0.2, 0.25) is 11.8 Å². The Morgan fingerprint density at radius 2 is 2.13 bits per heavy atom. The fraction of sp³-hybridized carbons (Fsp3) is 0.588. The molecule has 0 aromatic carbocycles. The number of carbonyl (C=O) groups excluding carboxylic acids is 2. The fourth-order valence-corrected chi connectivity index (χ4v) is 2.97. The molecule has 1 aliphatic heterocycles. The maximum atomic E-state index is 12.6. The van der Waals surface area contributed by atoms with Crippen LogP contribution in [-0.4, -0.2) is 59.3 Å². The van der Waals surface area contributed by atoms with Crippen LogP contribution in [0.1, 0.15) is 38.3 Å². The number of hydrogen-bond acceptors (Lipinski definition) is 4. The van der Waals surface area contributed by atoms with Crippen molar-refractivity contribution in [3.63, 3.8) is 0 Å². The Bertz CT molecular complexity index is 517. The van der Waals surface area contributed by atoms with Crippen molar-refractivity contribution in [1.29, 1.82) is 0 Å². The fourth-order valence-electron chi connectivity index (χ4n) is 2.97. The van der Waals surface area contributed by atoms with Crippen molar-refractivity contribution in [1.82, 2.24) is 20.1 Å². The van der Waals surface area contributed by atoms with E-state index in [4.69, 9.17) is 0 Å². The van der Waals surface area contributed by atoms with Crippen LogP contribution in [0.4, 0.5) is 0 Å². The molecule has 2 rings (SSSR count). The van der Waals surface area contributed by atoms with Crippen molar-refractivity contribution in [3.05, 3.63) is 30.1 Å². The van der Waals surface area contributed by atoms with Crippen LogP contribution in [0.3, 0.4) is 0 Å². The van der Waals surface area contributed by atoms with Gasteiger partial charge < -0.3 is 15.1 Å². The third kappa shape index (κ3) is 4.51. The number of aromatic nitrogens is 1. The van der Waals surface area contributed by atoms with E-state index >= 15 is 0 Å². The molecule has 0 aliphatic carbocycles. The largest absolute Gasteiger partial charge is 0.343 e. The van der Waals surface area contributed by atoms with E-state index in [0.717, 1.165) is 18.7 Å². The van der Waals surface area contributed by atoms with Gasteiger partial charge in [0.05, 0.1) is 6.04 Å². The van der Waals surface area contributed by atoms with Crippen LogP contribution in [0, 0.1) is 0 Å². The summed E-state index contributed by atoms with van der Waals surface area (Å²) in [6.07, 6.45) is 4.09. The number of nitrogens with zero attached hydrogens (tertiary/aromatic N) is 3. The van der Waals surface area contributed by atoms with Gasteiger partial charge in [0.15, 0.2) is 0 Å². The van der Waals surface area contributed by atoms with E-state index in [2.05, 4.69) is 10.3 Å². The van der Waals surface area contributed by atoms with Gasteiger partial charge in [0.25, 0.3) is 0 Å². The summed E-state index contributed by atoms with van der Waals surface area (Å²) in [6.45, 7) is 7.46. The number of piperazine rings is 1. The SMILES string of the molecule is CCN(CC)C(=O)CCC(=O)N1CCNCC1c1cccnc1. The summed E-state index contributed by atoms with van der Waals surface area (Å²) in [7, 11) is 0. The highest BCUT2D eigenvalue weighted by Crippen LogP contribution is 2.22. The Morgan fingerprint density at radius 1 is 1.35 bits per heavy atom. The molecule has 23 heavy (non-hydrogen) atoms. The number of pyridine rings is 1.